The Bertz CT molecular complexity index is 793. The first-order valence-corrected chi connectivity index (χ1v) is 6.20. The van der Waals surface area contributed by atoms with Gasteiger partial charge in [0.2, 0.25) is 5.56 Å². The van der Waals surface area contributed by atoms with E-state index < -0.39 is 0 Å². The zero-order valence-corrected chi connectivity index (χ0v) is 10.8. The van der Waals surface area contributed by atoms with Crippen LogP contribution in [0.25, 0.3) is 21.8 Å². The molecule has 0 aliphatic carbocycles. The van der Waals surface area contributed by atoms with Gasteiger partial charge in [-0.25, -0.2) is 0 Å². The number of aromatic amines is 1. The number of benzene rings is 1. The predicted octanol–water partition coefficient (Wildman–Crippen LogP) is 3.14. The molecule has 0 amide bonds. The lowest BCUT2D eigenvalue weighted by Gasteiger charge is -2.09. The van der Waals surface area contributed by atoms with Crippen LogP contribution < -0.4 is 5.56 Å². The summed E-state index contributed by atoms with van der Waals surface area (Å²) in [5, 5.41) is 2.18. The first-order valence-electron chi connectivity index (χ1n) is 6.20. The van der Waals surface area contributed by atoms with E-state index in [2.05, 4.69) is 42.6 Å². The van der Waals surface area contributed by atoms with Gasteiger partial charge in [0, 0.05) is 35.1 Å². The van der Waals surface area contributed by atoms with Gasteiger partial charge in [-0.1, -0.05) is 32.0 Å². The number of fused-ring (bicyclic) bond motifs is 3. The molecule has 3 nitrogen and oxygen atoms in total. The quantitative estimate of drug-likeness (QED) is 0.697. The Morgan fingerprint density at radius 2 is 1.89 bits per heavy atom. The molecule has 0 aliphatic heterocycles. The van der Waals surface area contributed by atoms with Gasteiger partial charge in [-0.3, -0.25) is 4.79 Å². The summed E-state index contributed by atoms with van der Waals surface area (Å²) in [5.41, 5.74) is 3.28. The molecule has 0 aliphatic rings. The maximum Gasteiger partial charge on any atom is 0.248 e. The van der Waals surface area contributed by atoms with Gasteiger partial charge in [0.15, 0.2) is 0 Å². The van der Waals surface area contributed by atoms with E-state index in [0.29, 0.717) is 5.92 Å². The minimum Gasteiger partial charge on any atom is -0.342 e. The lowest BCUT2D eigenvalue weighted by molar-refractivity contribution is 0.815. The molecule has 3 heteroatoms. The Morgan fingerprint density at radius 1 is 1.17 bits per heavy atom. The van der Waals surface area contributed by atoms with Crippen molar-refractivity contribution in [3.05, 3.63) is 46.4 Å². The second kappa shape index (κ2) is 3.73. The second-order valence-electron chi connectivity index (χ2n) is 5.04. The molecule has 0 radical (unpaired) electrons. The molecule has 0 fully saturated rings. The lowest BCUT2D eigenvalue weighted by atomic mass is 10.1. The molecule has 0 unspecified atom stereocenters. The number of hydrogen-bond acceptors (Lipinski definition) is 1. The van der Waals surface area contributed by atoms with Crippen LogP contribution in [0.5, 0.6) is 0 Å². The number of aryl methyl sites for hydroxylation is 1. The Balaban J connectivity index is 2.63. The van der Waals surface area contributed by atoms with Crippen LogP contribution in [-0.2, 0) is 7.05 Å². The average Bonchev–Trinajstić information content (AvgIpc) is 2.63. The average molecular weight is 240 g/mol. The molecule has 0 bridgehead atoms. The highest BCUT2D eigenvalue weighted by atomic mass is 16.1. The zero-order chi connectivity index (χ0) is 12.9. The van der Waals surface area contributed by atoms with E-state index in [1.54, 1.807) is 6.07 Å². The van der Waals surface area contributed by atoms with Crippen molar-refractivity contribution in [2.45, 2.75) is 19.8 Å². The highest BCUT2D eigenvalue weighted by molar-refractivity contribution is 6.08. The van der Waals surface area contributed by atoms with Crippen LogP contribution in [0.3, 0.4) is 0 Å². The molecule has 1 N–H and O–H groups in total. The van der Waals surface area contributed by atoms with Gasteiger partial charge in [0.25, 0.3) is 0 Å². The summed E-state index contributed by atoms with van der Waals surface area (Å²) in [5.74, 6) is 0.296. The molecule has 0 saturated heterocycles. The highest BCUT2D eigenvalue weighted by Gasteiger charge is 2.14. The number of rotatable bonds is 1. The van der Waals surface area contributed by atoms with Gasteiger partial charge >= 0.3 is 0 Å². The summed E-state index contributed by atoms with van der Waals surface area (Å²) in [6.45, 7) is 4.20. The molecule has 92 valence electrons. The fraction of sp³-hybridized carbons (Fsp3) is 0.267. The Morgan fingerprint density at radius 3 is 2.61 bits per heavy atom. The summed E-state index contributed by atoms with van der Waals surface area (Å²) >= 11 is 0. The molecule has 1 aromatic carbocycles. The van der Waals surface area contributed by atoms with Gasteiger partial charge < -0.3 is 9.55 Å². The summed E-state index contributed by atoms with van der Waals surface area (Å²) in [4.78, 5) is 14.8. The Labute approximate surface area is 105 Å². The van der Waals surface area contributed by atoms with E-state index in [9.17, 15) is 4.79 Å². The van der Waals surface area contributed by atoms with Crippen molar-refractivity contribution in [3.8, 4) is 0 Å². The number of aromatic nitrogens is 2. The van der Waals surface area contributed by atoms with E-state index >= 15 is 0 Å². The summed E-state index contributed by atoms with van der Waals surface area (Å²) in [6.07, 6.45) is 0. The normalized spacial score (nSPS) is 11.8. The molecule has 3 aromatic rings. The van der Waals surface area contributed by atoms with E-state index in [1.807, 2.05) is 12.1 Å². The molecular formula is C15H16N2O. The molecule has 18 heavy (non-hydrogen) atoms. The monoisotopic (exact) mass is 240 g/mol. The maximum atomic E-state index is 11.8. The molecule has 3 rings (SSSR count). The number of nitrogens with zero attached hydrogens (tertiary/aromatic N) is 1. The van der Waals surface area contributed by atoms with E-state index in [0.717, 1.165) is 27.5 Å². The van der Waals surface area contributed by atoms with Crippen LogP contribution in [0.4, 0.5) is 0 Å². The third-order valence-electron chi connectivity index (χ3n) is 3.51. The van der Waals surface area contributed by atoms with Crippen molar-refractivity contribution >= 4 is 21.8 Å². The summed E-state index contributed by atoms with van der Waals surface area (Å²) in [7, 11) is 2.05. The minimum atomic E-state index is -0.0254. The van der Waals surface area contributed by atoms with Gasteiger partial charge in [0.05, 0.1) is 5.52 Å². The van der Waals surface area contributed by atoms with Crippen molar-refractivity contribution in [1.29, 1.82) is 0 Å². The standard InChI is InChI=1S/C15H16N2O/c1-9(2)14-15-11(8-13(18)16-14)10-6-4-5-7-12(10)17(15)3/h4-9H,1-3H3,(H,16,18). The molecular weight excluding hydrogens is 224 g/mol. The fourth-order valence-electron chi connectivity index (χ4n) is 2.67. The van der Waals surface area contributed by atoms with Crippen LogP contribution >= 0.6 is 0 Å². The number of nitrogens with one attached hydrogen (secondary N) is 1. The third-order valence-corrected chi connectivity index (χ3v) is 3.51. The van der Waals surface area contributed by atoms with Crippen LogP contribution in [0, 0.1) is 0 Å². The van der Waals surface area contributed by atoms with Crippen LogP contribution in [0.15, 0.2) is 35.1 Å². The number of pyridine rings is 1. The van der Waals surface area contributed by atoms with Crippen molar-refractivity contribution < 1.29 is 0 Å². The Kier molecular flexibility index (Phi) is 2.30. The van der Waals surface area contributed by atoms with Gasteiger partial charge in [-0.2, -0.15) is 0 Å². The molecule has 0 spiro atoms. The largest absolute Gasteiger partial charge is 0.342 e. The second-order valence-corrected chi connectivity index (χ2v) is 5.04. The Hall–Kier alpha value is -2.03. The smallest absolute Gasteiger partial charge is 0.248 e. The van der Waals surface area contributed by atoms with E-state index in [-0.39, 0.29) is 5.56 Å². The van der Waals surface area contributed by atoms with E-state index in [1.165, 1.54) is 0 Å². The van der Waals surface area contributed by atoms with Crippen molar-refractivity contribution in [3.63, 3.8) is 0 Å². The van der Waals surface area contributed by atoms with Gasteiger partial charge in [-0.15, -0.1) is 0 Å². The van der Waals surface area contributed by atoms with Crippen molar-refractivity contribution in [2.75, 3.05) is 0 Å². The summed E-state index contributed by atoms with van der Waals surface area (Å²) in [6, 6.07) is 9.89. The number of H-pyrrole nitrogens is 1. The highest BCUT2D eigenvalue weighted by Crippen LogP contribution is 2.30. The topological polar surface area (TPSA) is 37.8 Å². The number of para-hydroxylation sites is 1. The molecule has 2 aromatic heterocycles. The fourth-order valence-corrected chi connectivity index (χ4v) is 2.67. The van der Waals surface area contributed by atoms with Crippen LogP contribution in [0.2, 0.25) is 0 Å². The van der Waals surface area contributed by atoms with Crippen molar-refractivity contribution in [1.82, 2.24) is 9.55 Å². The predicted molar refractivity (Wildman–Crippen MR) is 75.1 cm³/mol. The molecule has 2 heterocycles. The zero-order valence-electron chi connectivity index (χ0n) is 10.8. The maximum absolute atomic E-state index is 11.8. The summed E-state index contributed by atoms with van der Waals surface area (Å²) < 4.78 is 2.16. The van der Waals surface area contributed by atoms with Gasteiger partial charge in [0.1, 0.15) is 0 Å². The molecule has 0 atom stereocenters. The first kappa shape index (κ1) is 11.1. The van der Waals surface area contributed by atoms with E-state index in [4.69, 9.17) is 0 Å². The van der Waals surface area contributed by atoms with Crippen LogP contribution in [0.1, 0.15) is 25.5 Å². The third kappa shape index (κ3) is 1.40. The first-order chi connectivity index (χ1) is 8.59. The molecule has 0 saturated carbocycles. The van der Waals surface area contributed by atoms with Crippen LogP contribution in [-0.4, -0.2) is 9.55 Å². The van der Waals surface area contributed by atoms with Crippen molar-refractivity contribution in [2.24, 2.45) is 7.05 Å². The number of hydrogen-bond donors (Lipinski definition) is 1. The van der Waals surface area contributed by atoms with Gasteiger partial charge in [-0.05, 0) is 12.0 Å². The lowest BCUT2D eigenvalue weighted by Crippen LogP contribution is -2.10. The SMILES string of the molecule is CC(C)c1[nH]c(=O)cc2c3ccccc3n(C)c12. The minimum absolute atomic E-state index is 0.0254.